The number of carbonyl (C=O) groups is 2. The maximum absolute atomic E-state index is 12.7. The Hall–Kier alpha value is -2.54. The number of ketones is 1. The summed E-state index contributed by atoms with van der Waals surface area (Å²) in [6, 6.07) is 14.3. The van der Waals surface area contributed by atoms with Crippen molar-refractivity contribution in [2.24, 2.45) is 0 Å². The maximum Gasteiger partial charge on any atom is 0.338 e. The minimum Gasteiger partial charge on any atom is -0.462 e. The summed E-state index contributed by atoms with van der Waals surface area (Å²) in [5.41, 5.74) is 2.80. The van der Waals surface area contributed by atoms with Crippen molar-refractivity contribution in [3.05, 3.63) is 70.8 Å². The van der Waals surface area contributed by atoms with E-state index in [0.717, 1.165) is 32.5 Å². The molecule has 2 aromatic rings. The van der Waals surface area contributed by atoms with Crippen LogP contribution in [0.15, 0.2) is 48.5 Å². The number of ether oxygens (including phenoxy) is 3. The van der Waals surface area contributed by atoms with E-state index >= 15 is 0 Å². The molecule has 30 heavy (non-hydrogen) atoms. The van der Waals surface area contributed by atoms with Crippen LogP contribution in [0.4, 0.5) is 0 Å². The summed E-state index contributed by atoms with van der Waals surface area (Å²) in [5.74, 6) is -0.793. The molecule has 2 aliphatic heterocycles. The number of benzene rings is 2. The second-order valence-corrected chi connectivity index (χ2v) is 7.71. The second-order valence-electron chi connectivity index (χ2n) is 7.71. The van der Waals surface area contributed by atoms with Crippen molar-refractivity contribution in [1.29, 1.82) is 0 Å². The van der Waals surface area contributed by atoms with E-state index in [1.54, 1.807) is 31.2 Å². The molecule has 2 aromatic carbocycles. The molecule has 4 rings (SSSR count). The van der Waals surface area contributed by atoms with Gasteiger partial charge < -0.3 is 14.2 Å². The van der Waals surface area contributed by atoms with E-state index in [1.165, 1.54) is 5.56 Å². The van der Waals surface area contributed by atoms with Gasteiger partial charge in [-0.05, 0) is 24.6 Å². The number of carbonyl (C=O) groups excluding carboxylic acids is 2. The highest BCUT2D eigenvalue weighted by atomic mass is 16.7. The Balaban J connectivity index is 1.34. The van der Waals surface area contributed by atoms with Crippen LogP contribution in [0.3, 0.4) is 0 Å². The monoisotopic (exact) mass is 409 g/mol. The zero-order chi connectivity index (χ0) is 21.0. The summed E-state index contributed by atoms with van der Waals surface area (Å²) in [7, 11) is 0. The molecule has 0 amide bonds. The lowest BCUT2D eigenvalue weighted by molar-refractivity contribution is -0.185. The third-order valence-corrected chi connectivity index (χ3v) is 5.71. The third-order valence-electron chi connectivity index (χ3n) is 5.71. The van der Waals surface area contributed by atoms with Gasteiger partial charge in [0.25, 0.3) is 0 Å². The molecule has 0 radical (unpaired) electrons. The van der Waals surface area contributed by atoms with Gasteiger partial charge in [0.1, 0.15) is 0 Å². The first kappa shape index (κ1) is 20.7. The molecular formula is C24H27NO5. The first-order chi connectivity index (χ1) is 14.6. The summed E-state index contributed by atoms with van der Waals surface area (Å²) in [6.45, 7) is 6.20. The second kappa shape index (κ2) is 9.08. The number of esters is 1. The minimum atomic E-state index is -0.379. The highest BCUT2D eigenvalue weighted by molar-refractivity contribution is 6.09. The molecule has 0 atom stereocenters. The zero-order valence-corrected chi connectivity index (χ0v) is 17.3. The van der Waals surface area contributed by atoms with Gasteiger partial charge in [-0.3, -0.25) is 9.69 Å². The van der Waals surface area contributed by atoms with E-state index in [2.05, 4.69) is 4.90 Å². The predicted molar refractivity (Wildman–Crippen MR) is 111 cm³/mol. The molecule has 1 spiro atoms. The first-order valence-electron chi connectivity index (χ1n) is 10.5. The number of piperidine rings is 1. The fourth-order valence-corrected chi connectivity index (χ4v) is 4.00. The van der Waals surface area contributed by atoms with Crippen molar-refractivity contribution in [1.82, 2.24) is 4.90 Å². The Bertz CT molecular complexity index is 875. The smallest absolute Gasteiger partial charge is 0.338 e. The lowest BCUT2D eigenvalue weighted by Crippen LogP contribution is -2.44. The van der Waals surface area contributed by atoms with E-state index in [9.17, 15) is 9.59 Å². The quantitative estimate of drug-likeness (QED) is 0.538. The van der Waals surface area contributed by atoms with Crippen molar-refractivity contribution in [3.8, 4) is 0 Å². The molecule has 2 heterocycles. The van der Waals surface area contributed by atoms with E-state index in [0.29, 0.717) is 36.5 Å². The molecule has 2 saturated heterocycles. The molecule has 0 unspecified atom stereocenters. The van der Waals surface area contributed by atoms with Crippen LogP contribution in [0.1, 0.15) is 51.6 Å². The summed E-state index contributed by atoms with van der Waals surface area (Å²) in [4.78, 5) is 26.9. The van der Waals surface area contributed by atoms with Crippen LogP contribution in [0.25, 0.3) is 0 Å². The van der Waals surface area contributed by atoms with Gasteiger partial charge >= 0.3 is 5.97 Å². The Morgan fingerprint density at radius 1 is 0.900 bits per heavy atom. The minimum absolute atomic E-state index is 0.0626. The van der Waals surface area contributed by atoms with Gasteiger partial charge in [-0.15, -0.1) is 0 Å². The van der Waals surface area contributed by atoms with Crippen LogP contribution >= 0.6 is 0 Å². The van der Waals surface area contributed by atoms with E-state index in [-0.39, 0.29) is 17.5 Å². The zero-order valence-electron chi connectivity index (χ0n) is 17.3. The third kappa shape index (κ3) is 4.61. The summed E-state index contributed by atoms with van der Waals surface area (Å²) < 4.78 is 16.5. The van der Waals surface area contributed by atoms with E-state index in [1.807, 2.05) is 24.3 Å². The number of rotatable bonds is 6. The molecule has 2 aliphatic rings. The van der Waals surface area contributed by atoms with E-state index < -0.39 is 0 Å². The molecule has 0 bridgehead atoms. The lowest BCUT2D eigenvalue weighted by atomic mass is 10.00. The Labute approximate surface area is 176 Å². The average Bonchev–Trinajstić information content (AvgIpc) is 3.24. The number of nitrogens with zero attached hydrogens (tertiary/aromatic N) is 1. The molecule has 0 aromatic heterocycles. The number of hydrogen-bond donors (Lipinski definition) is 0. The van der Waals surface area contributed by atoms with Gasteiger partial charge in [-0.25, -0.2) is 4.79 Å². The van der Waals surface area contributed by atoms with Crippen molar-refractivity contribution < 1.29 is 23.8 Å². The van der Waals surface area contributed by atoms with Gasteiger partial charge in [0.15, 0.2) is 11.6 Å². The van der Waals surface area contributed by atoms with Gasteiger partial charge in [0.05, 0.1) is 25.4 Å². The van der Waals surface area contributed by atoms with Crippen LogP contribution < -0.4 is 0 Å². The molecule has 0 N–H and O–H groups in total. The summed E-state index contributed by atoms with van der Waals surface area (Å²) in [5, 5.41) is 0. The molecule has 0 saturated carbocycles. The van der Waals surface area contributed by atoms with Gasteiger partial charge in [0, 0.05) is 43.6 Å². The molecule has 0 aliphatic carbocycles. The van der Waals surface area contributed by atoms with Crippen LogP contribution in [0.2, 0.25) is 0 Å². The predicted octanol–water partition coefficient (Wildman–Crippen LogP) is 3.43. The Morgan fingerprint density at radius 3 is 2.00 bits per heavy atom. The first-order valence-corrected chi connectivity index (χ1v) is 10.5. The SMILES string of the molecule is CCOC(=O)c1ccc(C(=O)c2ccc(CN3CCC4(CC3)OCCO4)cc2)cc1. The van der Waals surface area contributed by atoms with Gasteiger partial charge in [-0.1, -0.05) is 36.4 Å². The van der Waals surface area contributed by atoms with Gasteiger partial charge in [0.2, 0.25) is 0 Å². The molecule has 6 nitrogen and oxygen atoms in total. The standard InChI is InChI=1S/C24H27NO5/c1-2-28-23(27)21-9-7-20(8-10-21)22(26)19-5-3-18(4-6-19)17-25-13-11-24(12-14-25)29-15-16-30-24/h3-10H,2,11-17H2,1H3. The van der Waals surface area contributed by atoms with Crippen LogP contribution in [-0.2, 0) is 20.8 Å². The van der Waals surface area contributed by atoms with Crippen molar-refractivity contribution >= 4 is 11.8 Å². The van der Waals surface area contributed by atoms with Crippen molar-refractivity contribution in [3.63, 3.8) is 0 Å². The largest absolute Gasteiger partial charge is 0.462 e. The average molecular weight is 409 g/mol. The normalized spacial score (nSPS) is 18.4. The van der Waals surface area contributed by atoms with Crippen molar-refractivity contribution in [2.75, 3.05) is 32.9 Å². The van der Waals surface area contributed by atoms with E-state index in [4.69, 9.17) is 14.2 Å². The highest BCUT2D eigenvalue weighted by Gasteiger charge is 2.39. The molecule has 6 heteroatoms. The summed E-state index contributed by atoms with van der Waals surface area (Å²) >= 11 is 0. The fraction of sp³-hybridized carbons (Fsp3) is 0.417. The Kier molecular flexibility index (Phi) is 6.27. The topological polar surface area (TPSA) is 65.1 Å². The highest BCUT2D eigenvalue weighted by Crippen LogP contribution is 2.31. The molecular weight excluding hydrogens is 382 g/mol. The number of likely N-dealkylation sites (tertiary alicyclic amines) is 1. The fourth-order valence-electron chi connectivity index (χ4n) is 4.00. The Morgan fingerprint density at radius 2 is 1.43 bits per heavy atom. The van der Waals surface area contributed by atoms with Crippen LogP contribution in [0, 0.1) is 0 Å². The summed E-state index contributed by atoms with van der Waals surface area (Å²) in [6.07, 6.45) is 1.79. The number of hydrogen-bond acceptors (Lipinski definition) is 6. The van der Waals surface area contributed by atoms with Gasteiger partial charge in [-0.2, -0.15) is 0 Å². The van der Waals surface area contributed by atoms with Crippen LogP contribution in [0.5, 0.6) is 0 Å². The van der Waals surface area contributed by atoms with Crippen molar-refractivity contribution in [2.45, 2.75) is 32.1 Å². The lowest BCUT2D eigenvalue weighted by Gasteiger charge is -2.37. The maximum atomic E-state index is 12.7. The van der Waals surface area contributed by atoms with Crippen LogP contribution in [-0.4, -0.2) is 55.3 Å². The molecule has 2 fully saturated rings. The molecule has 158 valence electrons.